The Hall–Kier alpha value is -1.35. The van der Waals surface area contributed by atoms with Crippen molar-refractivity contribution < 1.29 is 4.79 Å². The summed E-state index contributed by atoms with van der Waals surface area (Å²) in [6.45, 7) is 6.02. The van der Waals surface area contributed by atoms with Crippen molar-refractivity contribution >= 4 is 5.91 Å². The predicted molar refractivity (Wildman–Crippen MR) is 61.8 cm³/mol. The molecular formula is C12H18N2O. The number of rotatable bonds is 2. The van der Waals surface area contributed by atoms with Gasteiger partial charge in [0.25, 0.3) is 5.91 Å². The summed E-state index contributed by atoms with van der Waals surface area (Å²) in [4.78, 5) is 11.8. The van der Waals surface area contributed by atoms with Gasteiger partial charge in [-0.05, 0) is 43.5 Å². The highest BCUT2D eigenvalue weighted by molar-refractivity contribution is 5.95. The van der Waals surface area contributed by atoms with Crippen molar-refractivity contribution in [3.63, 3.8) is 0 Å². The smallest absolute Gasteiger partial charge is 0.265 e. The molecule has 0 aromatic heterocycles. The van der Waals surface area contributed by atoms with E-state index in [1.807, 2.05) is 26.0 Å². The molecule has 3 nitrogen and oxygen atoms in total. The molecule has 0 saturated carbocycles. The van der Waals surface area contributed by atoms with Crippen LogP contribution in [0.15, 0.2) is 12.1 Å². The van der Waals surface area contributed by atoms with Gasteiger partial charge in [0, 0.05) is 19.7 Å². The molecule has 0 fully saturated rings. The van der Waals surface area contributed by atoms with E-state index in [0.717, 1.165) is 16.7 Å². The molecule has 0 aliphatic rings. The first-order chi connectivity index (χ1) is 6.91. The Kier molecular flexibility index (Phi) is 3.48. The Bertz CT molecular complexity index is 383. The molecule has 3 heteroatoms. The maximum absolute atomic E-state index is 11.8. The Morgan fingerprint density at radius 1 is 1.07 bits per heavy atom. The summed E-state index contributed by atoms with van der Waals surface area (Å²) in [5, 5.41) is 1.65. The van der Waals surface area contributed by atoms with Crippen molar-refractivity contribution in [1.82, 2.24) is 10.4 Å². The summed E-state index contributed by atoms with van der Waals surface area (Å²) in [7, 11) is 3.60. The molecular weight excluding hydrogens is 188 g/mol. The van der Waals surface area contributed by atoms with Gasteiger partial charge in [0.1, 0.15) is 0 Å². The largest absolute Gasteiger partial charge is 0.285 e. The first-order valence-corrected chi connectivity index (χ1v) is 4.98. The number of benzene rings is 1. The molecule has 0 spiro atoms. The van der Waals surface area contributed by atoms with Crippen molar-refractivity contribution in [2.45, 2.75) is 20.8 Å². The summed E-state index contributed by atoms with van der Waals surface area (Å²) in [6.07, 6.45) is 0. The lowest BCUT2D eigenvalue weighted by Crippen LogP contribution is -2.36. The van der Waals surface area contributed by atoms with Crippen LogP contribution in [-0.2, 0) is 0 Å². The van der Waals surface area contributed by atoms with Crippen LogP contribution in [0.1, 0.15) is 27.0 Å². The Labute approximate surface area is 91.1 Å². The van der Waals surface area contributed by atoms with Crippen molar-refractivity contribution in [3.05, 3.63) is 34.4 Å². The van der Waals surface area contributed by atoms with E-state index in [1.54, 1.807) is 19.1 Å². The van der Waals surface area contributed by atoms with Crippen LogP contribution in [0.2, 0.25) is 0 Å². The fraction of sp³-hybridized carbons (Fsp3) is 0.417. The summed E-state index contributed by atoms with van der Waals surface area (Å²) in [5.74, 6) is -0.0550. The minimum Gasteiger partial charge on any atom is -0.285 e. The lowest BCUT2D eigenvalue weighted by atomic mass is 10.0. The van der Waals surface area contributed by atoms with E-state index in [9.17, 15) is 4.79 Å². The van der Waals surface area contributed by atoms with E-state index in [0.29, 0.717) is 0 Å². The second-order valence-electron chi connectivity index (χ2n) is 4.09. The second kappa shape index (κ2) is 4.45. The average molecular weight is 206 g/mol. The molecule has 1 rings (SSSR count). The number of carbonyl (C=O) groups excluding carboxylic acids is 1. The van der Waals surface area contributed by atoms with Crippen molar-refractivity contribution in [2.75, 3.05) is 14.1 Å². The lowest BCUT2D eigenvalue weighted by Gasteiger charge is -2.14. The number of hydrazine groups is 1. The van der Waals surface area contributed by atoms with Crippen LogP contribution in [0.5, 0.6) is 0 Å². The molecule has 82 valence electrons. The van der Waals surface area contributed by atoms with Gasteiger partial charge >= 0.3 is 0 Å². The number of carbonyl (C=O) groups is 1. The third-order valence-electron chi connectivity index (χ3n) is 2.41. The van der Waals surface area contributed by atoms with Crippen molar-refractivity contribution in [1.29, 1.82) is 0 Å². The summed E-state index contributed by atoms with van der Waals surface area (Å²) < 4.78 is 0. The molecule has 15 heavy (non-hydrogen) atoms. The first-order valence-electron chi connectivity index (χ1n) is 4.98. The van der Waals surface area contributed by atoms with E-state index >= 15 is 0 Å². The molecule has 1 aromatic carbocycles. The molecule has 0 aliphatic heterocycles. The van der Waals surface area contributed by atoms with Gasteiger partial charge in [-0.25, -0.2) is 5.01 Å². The van der Waals surface area contributed by atoms with Crippen LogP contribution in [-0.4, -0.2) is 25.0 Å². The minimum atomic E-state index is -0.0550. The number of amides is 1. The molecule has 1 N–H and O–H groups in total. The standard InChI is InChI=1S/C12H18N2O/c1-8-6-10(3)11(7-9(8)2)12(15)13-14(4)5/h6-7H,1-5H3,(H,13,15). The highest BCUT2D eigenvalue weighted by Gasteiger charge is 2.10. The number of nitrogens with one attached hydrogen (secondary N) is 1. The molecule has 0 radical (unpaired) electrons. The quantitative estimate of drug-likeness (QED) is 0.749. The van der Waals surface area contributed by atoms with Gasteiger partial charge < -0.3 is 0 Å². The lowest BCUT2D eigenvalue weighted by molar-refractivity contribution is 0.0856. The molecule has 0 bridgehead atoms. The normalized spacial score (nSPS) is 10.5. The highest BCUT2D eigenvalue weighted by atomic mass is 16.2. The Morgan fingerprint density at radius 3 is 2.13 bits per heavy atom. The van der Waals surface area contributed by atoms with Crippen LogP contribution in [0, 0.1) is 20.8 Å². The fourth-order valence-corrected chi connectivity index (χ4v) is 1.47. The van der Waals surface area contributed by atoms with E-state index in [4.69, 9.17) is 0 Å². The second-order valence-corrected chi connectivity index (χ2v) is 4.09. The maximum Gasteiger partial charge on any atom is 0.265 e. The molecule has 0 heterocycles. The van der Waals surface area contributed by atoms with Gasteiger partial charge in [0.2, 0.25) is 0 Å². The molecule has 0 atom stereocenters. The van der Waals surface area contributed by atoms with Gasteiger partial charge in [-0.3, -0.25) is 10.2 Å². The topological polar surface area (TPSA) is 32.3 Å². The number of hydrogen-bond donors (Lipinski definition) is 1. The number of aryl methyl sites for hydroxylation is 3. The van der Waals surface area contributed by atoms with Gasteiger partial charge in [-0.15, -0.1) is 0 Å². The average Bonchev–Trinajstić information content (AvgIpc) is 2.09. The zero-order valence-corrected chi connectivity index (χ0v) is 10.0. The maximum atomic E-state index is 11.8. The Morgan fingerprint density at radius 2 is 1.60 bits per heavy atom. The van der Waals surface area contributed by atoms with Crippen LogP contribution in [0.4, 0.5) is 0 Å². The molecule has 1 amide bonds. The molecule has 0 saturated heterocycles. The summed E-state index contributed by atoms with van der Waals surface area (Å²) in [5.41, 5.74) is 6.85. The van der Waals surface area contributed by atoms with Gasteiger partial charge in [-0.1, -0.05) is 6.07 Å². The van der Waals surface area contributed by atoms with Crippen molar-refractivity contribution in [3.8, 4) is 0 Å². The van der Waals surface area contributed by atoms with Crippen LogP contribution in [0.25, 0.3) is 0 Å². The third-order valence-corrected chi connectivity index (χ3v) is 2.41. The monoisotopic (exact) mass is 206 g/mol. The van der Waals surface area contributed by atoms with Gasteiger partial charge in [0.05, 0.1) is 0 Å². The summed E-state index contributed by atoms with van der Waals surface area (Å²) >= 11 is 0. The van der Waals surface area contributed by atoms with E-state index in [-0.39, 0.29) is 5.91 Å². The van der Waals surface area contributed by atoms with Gasteiger partial charge in [-0.2, -0.15) is 0 Å². The van der Waals surface area contributed by atoms with E-state index in [2.05, 4.69) is 12.3 Å². The first kappa shape index (κ1) is 11.7. The van der Waals surface area contributed by atoms with Crippen LogP contribution in [0.3, 0.4) is 0 Å². The number of hydrogen-bond acceptors (Lipinski definition) is 2. The molecule has 1 aromatic rings. The molecule has 0 unspecified atom stereocenters. The van der Waals surface area contributed by atoms with E-state index in [1.165, 1.54) is 5.56 Å². The SMILES string of the molecule is Cc1cc(C)c(C(=O)NN(C)C)cc1C. The molecule has 0 aliphatic carbocycles. The number of nitrogens with zero attached hydrogens (tertiary/aromatic N) is 1. The van der Waals surface area contributed by atoms with Crippen molar-refractivity contribution in [2.24, 2.45) is 0 Å². The van der Waals surface area contributed by atoms with Gasteiger partial charge in [0.15, 0.2) is 0 Å². The zero-order chi connectivity index (χ0) is 11.6. The summed E-state index contributed by atoms with van der Waals surface area (Å²) in [6, 6.07) is 3.98. The zero-order valence-electron chi connectivity index (χ0n) is 10.0. The van der Waals surface area contributed by atoms with E-state index < -0.39 is 0 Å². The predicted octanol–water partition coefficient (Wildman–Crippen LogP) is 1.82. The minimum absolute atomic E-state index is 0.0550. The third kappa shape index (κ3) is 2.80. The Balaban J connectivity index is 3.04. The van der Waals surface area contributed by atoms with Crippen LogP contribution < -0.4 is 5.43 Å². The fourth-order valence-electron chi connectivity index (χ4n) is 1.47. The highest BCUT2D eigenvalue weighted by Crippen LogP contribution is 2.15. The van der Waals surface area contributed by atoms with Crippen LogP contribution >= 0.6 is 0 Å².